The van der Waals surface area contributed by atoms with E-state index < -0.39 is 6.04 Å². The zero-order valence-electron chi connectivity index (χ0n) is 16.9. The molecule has 0 radical (unpaired) electrons. The van der Waals surface area contributed by atoms with E-state index in [1.807, 2.05) is 79.7 Å². The lowest BCUT2D eigenvalue weighted by molar-refractivity contribution is -0.121. The Bertz CT molecular complexity index is 1020. The van der Waals surface area contributed by atoms with Gasteiger partial charge in [-0.1, -0.05) is 57.9 Å². The summed E-state index contributed by atoms with van der Waals surface area (Å²) < 4.78 is 6.94. The number of hydrogen-bond acceptors (Lipinski definition) is 4. The third-order valence-corrected chi connectivity index (χ3v) is 4.90. The monoisotopic (exact) mass is 465 g/mol. The molecule has 6 heteroatoms. The molecule has 1 unspecified atom stereocenters. The van der Waals surface area contributed by atoms with Gasteiger partial charge in [0.25, 0.3) is 5.91 Å². The standard InChI is InChI=1S/C24H24BrN3O2/c1-17-10-12-22(13-11-17)27-18(2)24(29)28-26-15-20-7-3-4-9-23(20)30-16-19-6-5-8-21(25)14-19/h3-15,18,27H,16H2,1-2H3,(H,28,29). The molecule has 3 rings (SSSR count). The van der Waals surface area contributed by atoms with E-state index in [1.54, 1.807) is 13.1 Å². The number of nitrogens with zero attached hydrogens (tertiary/aromatic N) is 1. The van der Waals surface area contributed by atoms with Gasteiger partial charge in [-0.15, -0.1) is 0 Å². The largest absolute Gasteiger partial charge is 0.488 e. The minimum atomic E-state index is -0.423. The van der Waals surface area contributed by atoms with E-state index in [2.05, 4.69) is 31.8 Å². The molecule has 0 spiro atoms. The predicted octanol–water partition coefficient (Wildman–Crippen LogP) is 5.29. The molecule has 5 nitrogen and oxygen atoms in total. The second kappa shape index (κ2) is 10.6. The molecule has 0 heterocycles. The molecule has 1 atom stereocenters. The number of hydrogen-bond donors (Lipinski definition) is 2. The Balaban J connectivity index is 1.56. The Morgan fingerprint density at radius 1 is 1.10 bits per heavy atom. The number of benzene rings is 3. The normalized spacial score (nSPS) is 11.8. The molecule has 30 heavy (non-hydrogen) atoms. The van der Waals surface area contributed by atoms with Gasteiger partial charge in [0.05, 0.1) is 6.21 Å². The van der Waals surface area contributed by atoms with Crippen LogP contribution in [-0.2, 0) is 11.4 Å². The van der Waals surface area contributed by atoms with Gasteiger partial charge in [0.1, 0.15) is 18.4 Å². The van der Waals surface area contributed by atoms with Gasteiger partial charge >= 0.3 is 0 Å². The highest BCUT2D eigenvalue weighted by Crippen LogP contribution is 2.19. The first kappa shape index (κ1) is 21.6. The highest BCUT2D eigenvalue weighted by atomic mass is 79.9. The van der Waals surface area contributed by atoms with E-state index in [0.29, 0.717) is 12.4 Å². The molecule has 0 bridgehead atoms. The number of nitrogens with one attached hydrogen (secondary N) is 2. The van der Waals surface area contributed by atoms with Crippen molar-refractivity contribution in [1.29, 1.82) is 0 Å². The Kier molecular flexibility index (Phi) is 7.63. The van der Waals surface area contributed by atoms with Gasteiger partial charge in [-0.25, -0.2) is 5.43 Å². The lowest BCUT2D eigenvalue weighted by Gasteiger charge is -2.13. The van der Waals surface area contributed by atoms with E-state index in [9.17, 15) is 4.79 Å². The minimum absolute atomic E-state index is 0.223. The Labute approximate surface area is 185 Å². The number of carbonyl (C=O) groups excluding carboxylic acids is 1. The van der Waals surface area contributed by atoms with Crippen LogP contribution in [0.5, 0.6) is 5.75 Å². The molecule has 0 saturated heterocycles. The van der Waals surface area contributed by atoms with Gasteiger partial charge < -0.3 is 10.1 Å². The third-order valence-electron chi connectivity index (χ3n) is 4.41. The molecule has 0 saturated carbocycles. The number of para-hydroxylation sites is 1. The first-order valence-corrected chi connectivity index (χ1v) is 10.4. The Hall–Kier alpha value is -3.12. The summed E-state index contributed by atoms with van der Waals surface area (Å²) in [4.78, 5) is 12.3. The van der Waals surface area contributed by atoms with Crippen molar-refractivity contribution in [2.45, 2.75) is 26.5 Å². The molecule has 3 aromatic rings. The van der Waals surface area contributed by atoms with Crippen LogP contribution < -0.4 is 15.5 Å². The van der Waals surface area contributed by atoms with E-state index >= 15 is 0 Å². The molecular weight excluding hydrogens is 442 g/mol. The fourth-order valence-corrected chi connectivity index (χ4v) is 3.18. The second-order valence-electron chi connectivity index (χ2n) is 6.92. The van der Waals surface area contributed by atoms with Crippen molar-refractivity contribution < 1.29 is 9.53 Å². The number of amides is 1. The summed E-state index contributed by atoms with van der Waals surface area (Å²) >= 11 is 3.46. The average Bonchev–Trinajstić information content (AvgIpc) is 2.74. The maximum Gasteiger partial charge on any atom is 0.262 e. The summed E-state index contributed by atoms with van der Waals surface area (Å²) in [5, 5.41) is 7.25. The van der Waals surface area contributed by atoms with Crippen molar-refractivity contribution in [3.63, 3.8) is 0 Å². The van der Waals surface area contributed by atoms with Crippen LogP contribution in [0.4, 0.5) is 5.69 Å². The predicted molar refractivity (Wildman–Crippen MR) is 125 cm³/mol. The molecule has 3 aromatic carbocycles. The average molecular weight is 466 g/mol. The van der Waals surface area contributed by atoms with Gasteiger partial charge in [0, 0.05) is 15.7 Å². The summed E-state index contributed by atoms with van der Waals surface area (Å²) in [6.07, 6.45) is 1.59. The number of anilines is 1. The minimum Gasteiger partial charge on any atom is -0.488 e. The third kappa shape index (κ3) is 6.46. The number of rotatable bonds is 8. The maximum atomic E-state index is 12.3. The van der Waals surface area contributed by atoms with Crippen molar-refractivity contribution in [3.05, 3.63) is 94.0 Å². The fourth-order valence-electron chi connectivity index (χ4n) is 2.73. The van der Waals surface area contributed by atoms with Gasteiger partial charge in [-0.2, -0.15) is 5.10 Å². The number of carbonyl (C=O) groups is 1. The first-order chi connectivity index (χ1) is 14.5. The number of hydrazone groups is 1. The van der Waals surface area contributed by atoms with Gasteiger partial charge in [0.15, 0.2) is 0 Å². The summed E-state index contributed by atoms with van der Waals surface area (Å²) in [5.41, 5.74) is 6.47. The van der Waals surface area contributed by atoms with E-state index in [-0.39, 0.29) is 5.91 Å². The number of ether oxygens (including phenoxy) is 1. The van der Waals surface area contributed by atoms with Crippen LogP contribution in [0.2, 0.25) is 0 Å². The molecule has 0 aliphatic heterocycles. The van der Waals surface area contributed by atoms with Crippen LogP contribution in [0, 0.1) is 6.92 Å². The molecule has 0 fully saturated rings. The second-order valence-corrected chi connectivity index (χ2v) is 7.84. The van der Waals surface area contributed by atoms with Crippen molar-refractivity contribution >= 4 is 33.7 Å². The summed E-state index contributed by atoms with van der Waals surface area (Å²) in [7, 11) is 0. The van der Waals surface area contributed by atoms with Crippen LogP contribution in [0.1, 0.15) is 23.6 Å². The first-order valence-electron chi connectivity index (χ1n) is 9.63. The van der Waals surface area contributed by atoms with Crippen molar-refractivity contribution in [1.82, 2.24) is 5.43 Å². The summed E-state index contributed by atoms with van der Waals surface area (Å²) in [6.45, 7) is 4.25. The lowest BCUT2D eigenvalue weighted by atomic mass is 10.2. The topological polar surface area (TPSA) is 62.7 Å². The van der Waals surface area contributed by atoms with Crippen LogP contribution in [0.15, 0.2) is 82.4 Å². The van der Waals surface area contributed by atoms with Crippen molar-refractivity contribution in [3.8, 4) is 5.75 Å². The zero-order valence-corrected chi connectivity index (χ0v) is 18.5. The van der Waals surface area contributed by atoms with Gasteiger partial charge in [-0.3, -0.25) is 4.79 Å². The molecule has 0 aliphatic rings. The van der Waals surface area contributed by atoms with Crippen LogP contribution in [0.3, 0.4) is 0 Å². The van der Waals surface area contributed by atoms with Crippen LogP contribution in [-0.4, -0.2) is 18.2 Å². The highest BCUT2D eigenvalue weighted by molar-refractivity contribution is 9.10. The molecule has 154 valence electrons. The molecule has 1 amide bonds. The number of halogens is 1. The summed E-state index contributed by atoms with van der Waals surface area (Å²) in [6, 6.07) is 23.0. The van der Waals surface area contributed by atoms with E-state index in [1.165, 1.54) is 5.56 Å². The van der Waals surface area contributed by atoms with Crippen molar-refractivity contribution in [2.75, 3.05) is 5.32 Å². The molecule has 0 aromatic heterocycles. The van der Waals surface area contributed by atoms with E-state index in [4.69, 9.17) is 4.74 Å². The summed E-state index contributed by atoms with van der Waals surface area (Å²) in [5.74, 6) is 0.473. The van der Waals surface area contributed by atoms with E-state index in [0.717, 1.165) is 21.3 Å². The lowest BCUT2D eigenvalue weighted by Crippen LogP contribution is -2.34. The van der Waals surface area contributed by atoms with Crippen LogP contribution >= 0.6 is 15.9 Å². The quantitative estimate of drug-likeness (QED) is 0.351. The fraction of sp³-hybridized carbons (Fsp3) is 0.167. The SMILES string of the molecule is Cc1ccc(NC(C)C(=O)NN=Cc2ccccc2OCc2cccc(Br)c2)cc1. The molecule has 2 N–H and O–H groups in total. The highest BCUT2D eigenvalue weighted by Gasteiger charge is 2.11. The van der Waals surface area contributed by atoms with Gasteiger partial charge in [-0.05, 0) is 55.8 Å². The Morgan fingerprint density at radius 3 is 2.63 bits per heavy atom. The Morgan fingerprint density at radius 2 is 1.87 bits per heavy atom. The van der Waals surface area contributed by atoms with Crippen molar-refractivity contribution in [2.24, 2.45) is 5.10 Å². The molecule has 0 aliphatic carbocycles. The number of aryl methyl sites for hydroxylation is 1. The zero-order chi connectivity index (χ0) is 21.3. The van der Waals surface area contributed by atoms with Gasteiger partial charge in [0.2, 0.25) is 0 Å². The smallest absolute Gasteiger partial charge is 0.262 e. The molecular formula is C24H24BrN3O2. The maximum absolute atomic E-state index is 12.3. The van der Waals surface area contributed by atoms with Crippen LogP contribution in [0.25, 0.3) is 0 Å².